The van der Waals surface area contributed by atoms with E-state index in [1.807, 2.05) is 195 Å². The third kappa shape index (κ3) is 30.0. The number of carbonyl (C=O) groups excluding carboxylic acids is 3. The Hall–Kier alpha value is -12.2. The number of carboxylic acids is 1. The largest absolute Gasteiger partial charge is 0.481 e. The predicted octanol–water partition coefficient (Wildman–Crippen LogP) is 23.7. The lowest BCUT2D eigenvalue weighted by Gasteiger charge is -2.09. The molecule has 0 aliphatic carbocycles. The molecular formula is C97H94I5N17O9. The van der Waals surface area contributed by atoms with Gasteiger partial charge in [-0.05, 0) is 286 Å². The van der Waals surface area contributed by atoms with Crippen LogP contribution in [0.5, 0.6) is 0 Å². The van der Waals surface area contributed by atoms with Gasteiger partial charge in [-0.1, -0.05) is 165 Å². The average Bonchev–Trinajstić information content (AvgIpc) is 1.97. The maximum atomic E-state index is 11.6. The van der Waals surface area contributed by atoms with Crippen LogP contribution in [0.25, 0.3) is 65.4 Å². The molecule has 12 aromatic carbocycles. The Labute approximate surface area is 807 Å². The van der Waals surface area contributed by atoms with Gasteiger partial charge in [-0.3, -0.25) is 64.1 Å². The molecule has 0 saturated heterocycles. The Morgan fingerprint density at radius 2 is 0.750 bits per heavy atom. The van der Waals surface area contributed by atoms with E-state index in [9.17, 15) is 39.4 Å². The second kappa shape index (κ2) is 48.6. The number of aryl methyl sites for hydroxylation is 4. The van der Waals surface area contributed by atoms with Crippen molar-refractivity contribution in [1.82, 2.24) is 59.9 Å². The quantitative estimate of drug-likeness (QED) is 0.0258. The number of rotatable bonds is 12. The highest BCUT2D eigenvalue weighted by Gasteiger charge is 2.17. The van der Waals surface area contributed by atoms with E-state index in [2.05, 4.69) is 238 Å². The number of aromatic nitrogens is 12. The van der Waals surface area contributed by atoms with Crippen LogP contribution in [0.2, 0.25) is 0 Å². The van der Waals surface area contributed by atoms with Crippen molar-refractivity contribution in [1.29, 1.82) is 0 Å². The molecule has 0 saturated carbocycles. The molecule has 0 bridgehead atoms. The number of halogens is 5. The Bertz CT molecular complexity index is 6640. The third-order valence-corrected chi connectivity index (χ3v) is 23.4. The van der Waals surface area contributed by atoms with Crippen molar-refractivity contribution >= 4 is 230 Å². The average molecular weight is 2280 g/mol. The number of Topliss-reactive ketones (excluding diaryl/α,β-unsaturated/α-hetero) is 2. The van der Waals surface area contributed by atoms with Crippen LogP contribution in [-0.2, 0) is 27.5 Å². The van der Waals surface area contributed by atoms with E-state index in [4.69, 9.17) is 22.3 Å². The van der Waals surface area contributed by atoms with E-state index in [-0.39, 0.29) is 45.6 Å². The number of aromatic amines is 3. The fourth-order valence-electron chi connectivity index (χ4n) is 12.2. The van der Waals surface area contributed by atoms with E-state index in [0.717, 1.165) is 103 Å². The van der Waals surface area contributed by atoms with E-state index >= 15 is 0 Å². The second-order valence-corrected chi connectivity index (χ2v) is 35.8. The molecule has 18 rings (SSSR count). The number of ketones is 2. The molecule has 0 fully saturated rings. The number of nitrogens with zero attached hydrogens (tertiary/aromatic N) is 11. The number of nitro benzene ring substituents is 2. The lowest BCUT2D eigenvalue weighted by molar-refractivity contribution is -0.385. The summed E-state index contributed by atoms with van der Waals surface area (Å²) in [7, 11) is 0. The lowest BCUT2D eigenvalue weighted by Crippen LogP contribution is -2.06. The van der Waals surface area contributed by atoms with Crippen LogP contribution in [0.1, 0.15) is 114 Å². The Morgan fingerprint density at radius 3 is 1.18 bits per heavy atom. The molecule has 0 aliphatic heterocycles. The van der Waals surface area contributed by atoms with Gasteiger partial charge in [0.05, 0.1) is 99.1 Å². The predicted molar refractivity (Wildman–Crippen MR) is 554 cm³/mol. The molecule has 0 amide bonds. The molecule has 10 N–H and O–H groups in total. The number of hydrogen-bond donors (Lipinski definition) is 7. The van der Waals surface area contributed by atoms with Crippen LogP contribution in [0.4, 0.5) is 28.4 Å². The van der Waals surface area contributed by atoms with Gasteiger partial charge in [0.25, 0.3) is 11.4 Å². The van der Waals surface area contributed by atoms with Crippen LogP contribution >= 0.6 is 113 Å². The summed E-state index contributed by atoms with van der Waals surface area (Å²) in [5.74, 6) is -1.10. The number of H-pyrrole nitrogens is 3. The molecule has 26 nitrogen and oxygen atoms in total. The Kier molecular flexibility index (Phi) is 37.8. The van der Waals surface area contributed by atoms with Gasteiger partial charge >= 0.3 is 5.97 Å². The number of anilines is 3. The van der Waals surface area contributed by atoms with E-state index in [1.54, 1.807) is 77.5 Å². The summed E-state index contributed by atoms with van der Waals surface area (Å²) in [6, 6.07) is 80.4. The molecule has 31 heteroatoms. The van der Waals surface area contributed by atoms with Crippen LogP contribution in [0.3, 0.4) is 0 Å². The summed E-state index contributed by atoms with van der Waals surface area (Å²) in [5, 5.41) is 69.3. The summed E-state index contributed by atoms with van der Waals surface area (Å²) in [4.78, 5) is 64.5. The first kappa shape index (κ1) is 99.6. The number of nitrogens with two attached hydrogens (primary N) is 3. The molecule has 3 unspecified atom stereocenters. The minimum absolute atomic E-state index is 0.0392. The van der Waals surface area contributed by atoms with Crippen molar-refractivity contribution in [3.05, 3.63) is 374 Å². The van der Waals surface area contributed by atoms with Crippen LogP contribution in [-0.4, -0.2) is 98.3 Å². The van der Waals surface area contributed by atoms with Gasteiger partial charge in [-0.15, -0.1) is 0 Å². The fourth-order valence-corrected chi connectivity index (χ4v) is 14.6. The van der Waals surface area contributed by atoms with Crippen molar-refractivity contribution in [3.8, 4) is 0 Å². The second-order valence-electron chi connectivity index (χ2n) is 29.5. The maximum absolute atomic E-state index is 11.6. The van der Waals surface area contributed by atoms with Gasteiger partial charge in [0.2, 0.25) is 5.91 Å². The number of carboxylic acid groups (broad SMARTS) is 1. The topological polar surface area (TPSA) is 392 Å². The third-order valence-electron chi connectivity index (χ3n) is 20.0. The van der Waals surface area contributed by atoms with Crippen molar-refractivity contribution in [2.24, 2.45) is 0 Å². The number of aliphatic carboxylic acids is 1. The van der Waals surface area contributed by atoms with Gasteiger partial charge < -0.3 is 22.3 Å². The number of nitro groups is 2. The van der Waals surface area contributed by atoms with Crippen LogP contribution < -0.4 is 17.2 Å². The van der Waals surface area contributed by atoms with Crippen molar-refractivity contribution in [2.45, 2.75) is 100 Å². The van der Waals surface area contributed by atoms with Gasteiger partial charge in [0.1, 0.15) is 11.6 Å². The van der Waals surface area contributed by atoms with Crippen molar-refractivity contribution in [2.75, 3.05) is 17.2 Å². The van der Waals surface area contributed by atoms with E-state index in [1.165, 1.54) is 61.4 Å². The Morgan fingerprint density at radius 1 is 0.391 bits per heavy atom. The maximum Gasteiger partial charge on any atom is 0.310 e. The van der Waals surface area contributed by atoms with Gasteiger partial charge in [-0.2, -0.15) is 30.6 Å². The number of carbonyl (C=O) groups is 4. The van der Waals surface area contributed by atoms with Gasteiger partial charge in [0, 0.05) is 109 Å². The summed E-state index contributed by atoms with van der Waals surface area (Å²) in [6.07, 6.45) is 10.8. The minimum Gasteiger partial charge on any atom is -0.481 e. The van der Waals surface area contributed by atoms with Gasteiger partial charge in [-0.25, -0.2) is 4.68 Å². The van der Waals surface area contributed by atoms with Crippen LogP contribution in [0, 0.1) is 65.8 Å². The molecule has 6 aromatic heterocycles. The molecule has 6 heterocycles. The van der Waals surface area contributed by atoms with Crippen molar-refractivity contribution in [3.63, 3.8) is 0 Å². The highest BCUT2D eigenvalue weighted by molar-refractivity contribution is 14.1. The molecule has 128 heavy (non-hydrogen) atoms. The lowest BCUT2D eigenvalue weighted by atomic mass is 9.97. The molecule has 656 valence electrons. The van der Waals surface area contributed by atoms with Crippen LogP contribution in [0.15, 0.2) is 286 Å². The molecule has 18 aromatic rings. The van der Waals surface area contributed by atoms with E-state index in [0.29, 0.717) is 16.8 Å². The monoisotopic (exact) mass is 2280 g/mol. The minimum atomic E-state index is -0.816. The fraction of sp³-hybridized carbons (Fsp3) is 0.155. The smallest absolute Gasteiger partial charge is 0.310 e. The first-order chi connectivity index (χ1) is 61.1. The molecular weight excluding hydrogens is 2180 g/mol. The molecule has 0 spiro atoms. The zero-order valence-electron chi connectivity index (χ0n) is 71.5. The number of fused-ring (bicyclic) bond motifs is 6. The standard InChI is InChI=1S/C18H18N2O.C14H11IN2.C11H12N2O.C10H10N2O2.C9H7IN2O.C7H5IN2.C7H6INO2.C7H8IN.C7H8N2O2.C7H9N/c1-13(14(2)21)16-8-9-17-11-19-20(18(17)10-16)12-15-6-4-3-5-7-15;15-13-7-6-12-9-16-17(14(12)8-13)10-11-4-2-1-3-5-11;1-7(8(2)14)9-3-4-10-6-12-13-11(10)5-9;1-6(10(13)14)7-2-3-8-5-11-12-9(8)4-7;1-6(13)12-9-4-8(10)3-2-7(9)5-11-12;8-6-2-1-5-4-9-10-7(5)3-6;1-5-2-3-6(8)4-7(5)9(10)11;1-5-2-3-6(8)4-7(5)9;1-5-2-3-6(8)4-7(5)9(10)11;1-6-2-4-7(8)5-3-6/h3-11,13H,12H2,1-2H3;1-9H,10H2;3-7H,1-2H3,(H,12,13);2-6H,1H3,(H,11,12)(H,13,14);2-5H,1H3;1-4H,(H,9,10);2-4H,1H3;2-4H,9H2,1H3;2-4H,8H2,1H3;2-5H,8H2,1H3. The normalized spacial score (nSPS) is 11.1. The number of nitrogens with one attached hydrogen (secondary N) is 3. The highest BCUT2D eigenvalue weighted by atomic mass is 127. The molecule has 0 aliphatic rings. The van der Waals surface area contributed by atoms with E-state index < -0.39 is 16.8 Å². The summed E-state index contributed by atoms with van der Waals surface area (Å²) < 4.78 is 11.1. The van der Waals surface area contributed by atoms with Gasteiger partial charge in [0.15, 0.2) is 0 Å². The zero-order valence-corrected chi connectivity index (χ0v) is 82.3. The number of hydrogen-bond acceptors (Lipinski definition) is 17. The molecule has 0 radical (unpaired) electrons. The summed E-state index contributed by atoms with van der Waals surface area (Å²) in [5.41, 5.74) is 34.0. The highest BCUT2D eigenvalue weighted by Crippen LogP contribution is 2.28. The summed E-state index contributed by atoms with van der Waals surface area (Å²) in [6.45, 7) is 19.3. The first-order valence-corrected chi connectivity index (χ1v) is 45.2. The zero-order chi connectivity index (χ0) is 92.8. The number of nitrogen functional groups attached to an aromatic ring is 3. The Balaban J connectivity index is 0.000000162. The summed E-state index contributed by atoms with van der Waals surface area (Å²) >= 11 is 11.1. The SMILES string of the molecule is CC(=O)C(C)c1ccc2cn[nH]c2c1.CC(=O)C(C)c1ccc2cnn(Cc3ccccc3)c2c1.CC(=O)n1ncc2ccc(I)cc21.CC(C(=O)O)c1ccc2cn[nH]c2c1.Cc1ccc(I)cc1N.Cc1ccc(I)cc1[N+](=O)[O-].Cc1ccc(N)cc1.Cc1ccc(N)cc1[N+](=O)[O-].Ic1ccc2cn[nH]c2c1.Ic1ccc2cnn(Cc3ccccc3)c2c1. The van der Waals surface area contributed by atoms with Crippen molar-refractivity contribution < 1.29 is 34.1 Å². The number of benzene rings is 12. The first-order valence-electron chi connectivity index (χ1n) is 39.8. The molecule has 3 atom stereocenters.